The Labute approximate surface area is 160 Å². The number of hydrogen-bond donors (Lipinski definition) is 0. The summed E-state index contributed by atoms with van der Waals surface area (Å²) in [5, 5.41) is 0. The summed E-state index contributed by atoms with van der Waals surface area (Å²) in [5.41, 5.74) is 4.57. The van der Waals surface area contributed by atoms with Gasteiger partial charge in [-0.1, -0.05) is 19.4 Å². The van der Waals surface area contributed by atoms with Crippen molar-refractivity contribution in [2.24, 2.45) is 0 Å². The van der Waals surface area contributed by atoms with Gasteiger partial charge in [-0.25, -0.2) is 8.42 Å². The molecule has 0 bridgehead atoms. The molecule has 0 saturated carbocycles. The lowest BCUT2D eigenvalue weighted by Gasteiger charge is -2.16. The highest BCUT2D eigenvalue weighted by Gasteiger charge is 2.27. The molecule has 3 rings (SSSR count). The predicted molar refractivity (Wildman–Crippen MR) is 107 cm³/mol. The molecule has 0 aliphatic carbocycles. The first-order chi connectivity index (χ1) is 12.8. The van der Waals surface area contributed by atoms with Gasteiger partial charge in [-0.2, -0.15) is 0 Å². The minimum Gasteiger partial charge on any atom is -0.379 e. The van der Waals surface area contributed by atoms with E-state index in [4.69, 9.17) is 4.74 Å². The van der Waals surface area contributed by atoms with E-state index in [0.717, 1.165) is 41.6 Å². The molecule has 0 fully saturated rings. The number of aryl methyl sites for hydroxylation is 2. The third kappa shape index (κ3) is 3.87. The first-order valence-electron chi connectivity index (χ1n) is 9.35. The minimum absolute atomic E-state index is 0.00248. The Morgan fingerprint density at radius 1 is 1.22 bits per heavy atom. The highest BCUT2D eigenvalue weighted by atomic mass is 32.2. The van der Waals surface area contributed by atoms with E-state index in [1.165, 1.54) is 6.26 Å². The van der Waals surface area contributed by atoms with Gasteiger partial charge in [0.05, 0.1) is 17.5 Å². The van der Waals surface area contributed by atoms with Gasteiger partial charge in [-0.05, 0) is 49.1 Å². The van der Waals surface area contributed by atoms with Crippen LogP contribution in [0.25, 0.3) is 11.1 Å². The monoisotopic (exact) mass is 389 g/mol. The number of pyridine rings is 1. The van der Waals surface area contributed by atoms with Gasteiger partial charge in [0.25, 0.3) is 5.56 Å². The van der Waals surface area contributed by atoms with E-state index >= 15 is 0 Å². The molecule has 0 amide bonds. The second kappa shape index (κ2) is 7.60. The molecule has 1 aliphatic rings. The van der Waals surface area contributed by atoms with Crippen molar-refractivity contribution in [1.82, 2.24) is 4.57 Å². The molecule has 0 saturated heterocycles. The molecule has 27 heavy (non-hydrogen) atoms. The average Bonchev–Trinajstić information content (AvgIpc) is 3.07. The summed E-state index contributed by atoms with van der Waals surface area (Å²) >= 11 is 0. The van der Waals surface area contributed by atoms with Crippen LogP contribution >= 0.6 is 0 Å². The Kier molecular flexibility index (Phi) is 5.58. The van der Waals surface area contributed by atoms with Crippen LogP contribution in [0.1, 0.15) is 36.6 Å². The normalized spacial score (nSPS) is 16.5. The molecule has 0 N–H and O–H groups in total. The number of aromatic nitrogens is 1. The highest BCUT2D eigenvalue weighted by molar-refractivity contribution is 7.90. The molecule has 1 aromatic heterocycles. The van der Waals surface area contributed by atoms with Crippen LogP contribution in [0.2, 0.25) is 0 Å². The zero-order valence-corrected chi connectivity index (χ0v) is 17.2. The van der Waals surface area contributed by atoms with Gasteiger partial charge < -0.3 is 9.30 Å². The van der Waals surface area contributed by atoms with E-state index in [9.17, 15) is 13.2 Å². The maximum atomic E-state index is 12.6. The van der Waals surface area contributed by atoms with E-state index in [0.29, 0.717) is 23.4 Å². The molecule has 1 aliphatic heterocycles. The lowest BCUT2D eigenvalue weighted by atomic mass is 9.93. The van der Waals surface area contributed by atoms with Crippen molar-refractivity contribution in [3.05, 3.63) is 51.4 Å². The van der Waals surface area contributed by atoms with Crippen molar-refractivity contribution in [3.63, 3.8) is 0 Å². The first kappa shape index (κ1) is 19.8. The van der Waals surface area contributed by atoms with E-state index in [1.54, 1.807) is 23.8 Å². The second-order valence-electron chi connectivity index (χ2n) is 7.36. The third-order valence-electron chi connectivity index (χ3n) is 5.32. The number of sulfone groups is 1. The van der Waals surface area contributed by atoms with E-state index in [1.807, 2.05) is 19.1 Å². The van der Waals surface area contributed by atoms with Crippen molar-refractivity contribution in [1.29, 1.82) is 0 Å². The standard InChI is InChI=1S/C21H27NO4S/c1-5-6-7-15-8-9-17(27(4,24)25)12-18(15)19-10-14(2)21(23)22-13-16(26-3)11-20(19)22/h8-10,12,16H,5-7,11,13H2,1-4H3/t16-/m0/s1. The fourth-order valence-electron chi connectivity index (χ4n) is 3.75. The van der Waals surface area contributed by atoms with E-state index < -0.39 is 9.84 Å². The molecule has 5 nitrogen and oxygen atoms in total. The molecular formula is C21H27NO4S. The Hall–Kier alpha value is -1.92. The number of fused-ring (bicyclic) bond motifs is 1. The second-order valence-corrected chi connectivity index (χ2v) is 9.38. The summed E-state index contributed by atoms with van der Waals surface area (Å²) in [5.74, 6) is 0. The number of hydrogen-bond acceptors (Lipinski definition) is 4. The van der Waals surface area contributed by atoms with E-state index in [-0.39, 0.29) is 11.7 Å². The summed E-state index contributed by atoms with van der Waals surface area (Å²) in [7, 11) is -1.65. The Bertz CT molecular complexity index is 1020. The van der Waals surface area contributed by atoms with Crippen LogP contribution in [0.15, 0.2) is 34.0 Å². The molecule has 146 valence electrons. The SMILES string of the molecule is CCCCc1ccc(S(C)(=O)=O)cc1-c1cc(C)c(=O)n2c1C[C@H](OC)C2. The highest BCUT2D eigenvalue weighted by Crippen LogP contribution is 2.33. The number of unbranched alkanes of at least 4 members (excludes halogenated alkanes) is 1. The summed E-state index contributed by atoms with van der Waals surface area (Å²) < 4.78 is 31.5. The Balaban J connectivity index is 2.25. The smallest absolute Gasteiger partial charge is 0.253 e. The van der Waals surface area contributed by atoms with Crippen LogP contribution in [-0.4, -0.2) is 32.5 Å². The van der Waals surface area contributed by atoms with Gasteiger partial charge in [0, 0.05) is 36.6 Å². The summed E-state index contributed by atoms with van der Waals surface area (Å²) in [6, 6.07) is 7.27. The van der Waals surface area contributed by atoms with Crippen LogP contribution in [0, 0.1) is 6.92 Å². The van der Waals surface area contributed by atoms with Gasteiger partial charge in [0.15, 0.2) is 9.84 Å². The summed E-state index contributed by atoms with van der Waals surface area (Å²) in [4.78, 5) is 12.9. The molecule has 0 spiro atoms. The lowest BCUT2D eigenvalue weighted by molar-refractivity contribution is 0.103. The predicted octanol–water partition coefficient (Wildman–Crippen LogP) is 3.14. The maximum Gasteiger partial charge on any atom is 0.253 e. The Morgan fingerprint density at radius 3 is 2.59 bits per heavy atom. The average molecular weight is 390 g/mol. The molecule has 0 radical (unpaired) electrons. The van der Waals surface area contributed by atoms with Gasteiger partial charge in [0.2, 0.25) is 0 Å². The van der Waals surface area contributed by atoms with Crippen molar-refractivity contribution in [2.75, 3.05) is 13.4 Å². The fourth-order valence-corrected chi connectivity index (χ4v) is 4.40. The number of ether oxygens (including phenoxy) is 1. The number of nitrogens with zero attached hydrogens (tertiary/aromatic N) is 1. The van der Waals surface area contributed by atoms with Crippen LogP contribution in [0.5, 0.6) is 0 Å². The number of benzene rings is 1. The topological polar surface area (TPSA) is 65.4 Å². The lowest BCUT2D eigenvalue weighted by Crippen LogP contribution is -2.24. The molecule has 0 unspecified atom stereocenters. The van der Waals surface area contributed by atoms with Crippen molar-refractivity contribution < 1.29 is 13.2 Å². The minimum atomic E-state index is -3.31. The zero-order chi connectivity index (χ0) is 19.8. The molecule has 2 heterocycles. The largest absolute Gasteiger partial charge is 0.379 e. The van der Waals surface area contributed by atoms with Crippen molar-refractivity contribution in [3.8, 4) is 11.1 Å². The Morgan fingerprint density at radius 2 is 1.96 bits per heavy atom. The zero-order valence-electron chi connectivity index (χ0n) is 16.4. The van der Waals surface area contributed by atoms with Crippen molar-refractivity contribution >= 4 is 9.84 Å². The molecule has 2 aromatic rings. The molecule has 1 atom stereocenters. The quantitative estimate of drug-likeness (QED) is 0.761. The first-order valence-corrected chi connectivity index (χ1v) is 11.2. The summed E-state index contributed by atoms with van der Waals surface area (Å²) in [6.07, 6.45) is 4.81. The summed E-state index contributed by atoms with van der Waals surface area (Å²) in [6.45, 7) is 4.48. The molecular weight excluding hydrogens is 362 g/mol. The van der Waals surface area contributed by atoms with E-state index in [2.05, 4.69) is 6.92 Å². The number of rotatable bonds is 6. The van der Waals surface area contributed by atoms with Gasteiger partial charge in [-0.3, -0.25) is 4.79 Å². The van der Waals surface area contributed by atoms with Crippen LogP contribution in [0.4, 0.5) is 0 Å². The third-order valence-corrected chi connectivity index (χ3v) is 6.43. The van der Waals surface area contributed by atoms with Crippen LogP contribution in [-0.2, 0) is 34.0 Å². The van der Waals surface area contributed by atoms with Crippen LogP contribution in [0.3, 0.4) is 0 Å². The molecule has 1 aromatic carbocycles. The van der Waals surface area contributed by atoms with Gasteiger partial charge in [-0.15, -0.1) is 0 Å². The molecule has 6 heteroatoms. The number of methoxy groups -OCH3 is 1. The van der Waals surface area contributed by atoms with Crippen molar-refractivity contribution in [2.45, 2.75) is 57.1 Å². The van der Waals surface area contributed by atoms with Crippen LogP contribution < -0.4 is 5.56 Å². The fraction of sp³-hybridized carbons (Fsp3) is 0.476. The maximum absolute atomic E-state index is 12.6. The van der Waals surface area contributed by atoms with Gasteiger partial charge in [0.1, 0.15) is 0 Å². The van der Waals surface area contributed by atoms with Gasteiger partial charge >= 0.3 is 0 Å².